The number of hydrogen-bond acceptors (Lipinski definition) is 4. The van der Waals surface area contributed by atoms with E-state index in [4.69, 9.17) is 4.74 Å². The number of aromatic nitrogens is 2. The summed E-state index contributed by atoms with van der Waals surface area (Å²) in [6.45, 7) is 0.594. The first-order valence-corrected chi connectivity index (χ1v) is 9.99. The number of likely N-dealkylation sites (tertiary alicyclic amines) is 1. The van der Waals surface area contributed by atoms with E-state index < -0.39 is 6.04 Å². The molecule has 2 heterocycles. The predicted octanol–water partition coefficient (Wildman–Crippen LogP) is 3.26. The number of rotatable bonds is 6. The molecule has 4 rings (SSSR count). The lowest BCUT2D eigenvalue weighted by atomic mass is 10.1. The average molecular weight is 404 g/mol. The van der Waals surface area contributed by atoms with E-state index in [1.165, 1.54) is 0 Å². The van der Waals surface area contributed by atoms with Crippen molar-refractivity contribution < 1.29 is 14.3 Å². The van der Waals surface area contributed by atoms with Crippen LogP contribution in [-0.2, 0) is 16.0 Å². The van der Waals surface area contributed by atoms with E-state index in [0.717, 1.165) is 23.2 Å². The molecule has 1 aliphatic rings. The van der Waals surface area contributed by atoms with Crippen molar-refractivity contribution in [2.75, 3.05) is 19.0 Å². The van der Waals surface area contributed by atoms with Gasteiger partial charge in [0.25, 0.3) is 0 Å². The molecule has 154 valence electrons. The van der Waals surface area contributed by atoms with Gasteiger partial charge in [-0.1, -0.05) is 42.5 Å². The molecule has 30 heavy (non-hydrogen) atoms. The number of H-pyrrole nitrogens is 1. The Balaban J connectivity index is 1.43. The second-order valence-electron chi connectivity index (χ2n) is 7.26. The van der Waals surface area contributed by atoms with Gasteiger partial charge in [-0.25, -0.2) is 0 Å². The lowest BCUT2D eigenvalue weighted by Gasteiger charge is -2.23. The second kappa shape index (κ2) is 8.82. The molecule has 0 radical (unpaired) electrons. The van der Waals surface area contributed by atoms with Crippen LogP contribution < -0.4 is 10.1 Å². The third-order valence-corrected chi connectivity index (χ3v) is 5.30. The number of methoxy groups -OCH3 is 1. The average Bonchev–Trinajstić information content (AvgIpc) is 3.44. The molecule has 7 heteroatoms. The standard InChI is InChI=1S/C23H24N4O3/c1-30-20-12-6-5-10-17(20)18-15-21(26-25-18)24-23(29)19-11-7-13-27(19)22(28)14-16-8-3-2-4-9-16/h2-6,8-10,12,15,19H,7,11,13-14H2,1H3,(H2,24,25,26,29). The molecule has 1 atom stereocenters. The zero-order valence-corrected chi connectivity index (χ0v) is 16.8. The molecule has 2 N–H and O–H groups in total. The van der Waals surface area contributed by atoms with E-state index in [9.17, 15) is 9.59 Å². The van der Waals surface area contributed by atoms with Crippen LogP contribution in [0.1, 0.15) is 18.4 Å². The zero-order valence-electron chi connectivity index (χ0n) is 16.8. The van der Waals surface area contributed by atoms with Gasteiger partial charge in [-0.2, -0.15) is 5.10 Å². The number of carbonyl (C=O) groups excluding carboxylic acids is 2. The molecule has 2 amide bonds. The molecule has 1 fully saturated rings. The van der Waals surface area contributed by atoms with Crippen molar-refractivity contribution in [3.8, 4) is 17.0 Å². The van der Waals surface area contributed by atoms with Crippen LogP contribution in [-0.4, -0.2) is 46.6 Å². The minimum Gasteiger partial charge on any atom is -0.496 e. The summed E-state index contributed by atoms with van der Waals surface area (Å²) in [7, 11) is 1.61. The lowest BCUT2D eigenvalue weighted by Crippen LogP contribution is -2.43. The molecular weight excluding hydrogens is 380 g/mol. The van der Waals surface area contributed by atoms with Crippen LogP contribution in [0.2, 0.25) is 0 Å². The van der Waals surface area contributed by atoms with Crippen LogP contribution in [0.5, 0.6) is 5.75 Å². The quantitative estimate of drug-likeness (QED) is 0.660. The number of amides is 2. The summed E-state index contributed by atoms with van der Waals surface area (Å²) in [5.74, 6) is 0.887. The fraction of sp³-hybridized carbons (Fsp3) is 0.261. The molecule has 1 aliphatic heterocycles. The number of ether oxygens (including phenoxy) is 1. The third kappa shape index (κ3) is 4.20. The van der Waals surface area contributed by atoms with Gasteiger partial charge < -0.3 is 15.0 Å². The Kier molecular flexibility index (Phi) is 5.79. The number of carbonyl (C=O) groups is 2. The van der Waals surface area contributed by atoms with Crippen LogP contribution in [0.3, 0.4) is 0 Å². The molecule has 0 aliphatic carbocycles. The Morgan fingerprint density at radius 2 is 1.93 bits per heavy atom. The molecule has 0 saturated carbocycles. The molecule has 3 aromatic rings. The second-order valence-corrected chi connectivity index (χ2v) is 7.26. The Hall–Kier alpha value is -3.61. The van der Waals surface area contributed by atoms with Crippen LogP contribution in [0, 0.1) is 0 Å². The first kappa shape index (κ1) is 19.7. The van der Waals surface area contributed by atoms with Gasteiger partial charge in [-0.3, -0.25) is 14.7 Å². The van der Waals surface area contributed by atoms with E-state index in [-0.39, 0.29) is 11.8 Å². The number of nitrogens with one attached hydrogen (secondary N) is 2. The summed E-state index contributed by atoms with van der Waals surface area (Å²) in [5.41, 5.74) is 2.54. The molecule has 2 aromatic carbocycles. The van der Waals surface area contributed by atoms with E-state index in [2.05, 4.69) is 15.5 Å². The number of anilines is 1. The van der Waals surface area contributed by atoms with Crippen molar-refractivity contribution in [2.24, 2.45) is 0 Å². The fourth-order valence-corrected chi connectivity index (χ4v) is 3.81. The number of hydrogen-bond donors (Lipinski definition) is 2. The van der Waals surface area contributed by atoms with Crippen LogP contribution in [0.25, 0.3) is 11.3 Å². The Labute approximate surface area is 175 Å². The molecule has 1 aromatic heterocycles. The smallest absolute Gasteiger partial charge is 0.248 e. The molecule has 1 unspecified atom stereocenters. The van der Waals surface area contributed by atoms with E-state index >= 15 is 0 Å². The van der Waals surface area contributed by atoms with Gasteiger partial charge in [0.1, 0.15) is 11.8 Å². The van der Waals surface area contributed by atoms with Gasteiger partial charge in [-0.15, -0.1) is 0 Å². The van der Waals surface area contributed by atoms with Gasteiger partial charge >= 0.3 is 0 Å². The summed E-state index contributed by atoms with van der Waals surface area (Å²) >= 11 is 0. The van der Waals surface area contributed by atoms with Gasteiger partial charge in [0.15, 0.2) is 5.82 Å². The largest absolute Gasteiger partial charge is 0.496 e. The van der Waals surface area contributed by atoms with Gasteiger partial charge in [0.05, 0.1) is 19.2 Å². The molecule has 0 bridgehead atoms. The Morgan fingerprint density at radius 3 is 2.73 bits per heavy atom. The first-order chi connectivity index (χ1) is 14.7. The lowest BCUT2D eigenvalue weighted by molar-refractivity contribution is -0.136. The minimum atomic E-state index is -0.479. The van der Waals surface area contributed by atoms with Crippen molar-refractivity contribution in [3.05, 3.63) is 66.2 Å². The van der Waals surface area contributed by atoms with Gasteiger partial charge in [0, 0.05) is 18.2 Å². The van der Waals surface area contributed by atoms with Crippen molar-refractivity contribution in [1.29, 1.82) is 0 Å². The van der Waals surface area contributed by atoms with Crippen LogP contribution >= 0.6 is 0 Å². The molecule has 0 spiro atoms. The maximum absolute atomic E-state index is 12.9. The van der Waals surface area contributed by atoms with Crippen molar-refractivity contribution in [2.45, 2.75) is 25.3 Å². The van der Waals surface area contributed by atoms with E-state index in [1.54, 1.807) is 18.1 Å². The van der Waals surface area contributed by atoms with Crippen molar-refractivity contribution >= 4 is 17.6 Å². The zero-order chi connectivity index (χ0) is 20.9. The van der Waals surface area contributed by atoms with Gasteiger partial charge in [0.2, 0.25) is 11.8 Å². The Bertz CT molecular complexity index is 1030. The highest BCUT2D eigenvalue weighted by molar-refractivity contribution is 5.97. The highest BCUT2D eigenvalue weighted by Gasteiger charge is 2.34. The minimum absolute atomic E-state index is 0.0319. The van der Waals surface area contributed by atoms with Crippen molar-refractivity contribution in [3.63, 3.8) is 0 Å². The monoisotopic (exact) mass is 404 g/mol. The Morgan fingerprint density at radius 1 is 1.17 bits per heavy atom. The summed E-state index contributed by atoms with van der Waals surface area (Å²) in [5, 5.41) is 9.98. The molecule has 7 nitrogen and oxygen atoms in total. The number of para-hydroxylation sites is 1. The maximum atomic E-state index is 12.9. The highest BCUT2D eigenvalue weighted by Crippen LogP contribution is 2.29. The summed E-state index contributed by atoms with van der Waals surface area (Å²) < 4.78 is 5.38. The number of benzene rings is 2. The number of aromatic amines is 1. The normalized spacial score (nSPS) is 15.8. The van der Waals surface area contributed by atoms with E-state index in [0.29, 0.717) is 31.0 Å². The SMILES string of the molecule is COc1ccccc1-c1cc(NC(=O)C2CCCN2C(=O)Cc2ccccc2)n[nH]1. The predicted molar refractivity (Wildman–Crippen MR) is 114 cm³/mol. The fourth-order valence-electron chi connectivity index (χ4n) is 3.81. The summed E-state index contributed by atoms with van der Waals surface area (Å²) in [6.07, 6.45) is 1.76. The van der Waals surface area contributed by atoms with Gasteiger partial charge in [-0.05, 0) is 30.5 Å². The van der Waals surface area contributed by atoms with E-state index in [1.807, 2.05) is 54.6 Å². The number of nitrogens with zero attached hydrogens (tertiary/aromatic N) is 2. The maximum Gasteiger partial charge on any atom is 0.248 e. The third-order valence-electron chi connectivity index (χ3n) is 5.30. The summed E-state index contributed by atoms with van der Waals surface area (Å²) in [4.78, 5) is 27.3. The first-order valence-electron chi connectivity index (χ1n) is 9.99. The van der Waals surface area contributed by atoms with Crippen LogP contribution in [0.4, 0.5) is 5.82 Å². The molecular formula is C23H24N4O3. The topological polar surface area (TPSA) is 87.3 Å². The van der Waals surface area contributed by atoms with Crippen LogP contribution in [0.15, 0.2) is 60.7 Å². The summed E-state index contributed by atoms with van der Waals surface area (Å²) in [6, 6.07) is 18.5. The molecule has 1 saturated heterocycles. The highest BCUT2D eigenvalue weighted by atomic mass is 16.5. The van der Waals surface area contributed by atoms with Crippen molar-refractivity contribution in [1.82, 2.24) is 15.1 Å².